The van der Waals surface area contributed by atoms with Gasteiger partial charge in [-0.15, -0.1) is 11.3 Å². The van der Waals surface area contributed by atoms with Crippen molar-refractivity contribution in [3.05, 3.63) is 60.1 Å². The molecule has 0 aliphatic carbocycles. The van der Waals surface area contributed by atoms with Crippen molar-refractivity contribution >= 4 is 50.5 Å². The number of carbonyl (C=O) groups excluding carboxylic acids is 2. The number of methoxy groups -OCH3 is 1. The first kappa shape index (κ1) is 32.7. The number of nitrogens with zero attached hydrogens (tertiary/aromatic N) is 6. The van der Waals surface area contributed by atoms with Crippen LogP contribution in [0, 0.1) is 19.7 Å². The molecule has 1 aliphatic rings. The van der Waals surface area contributed by atoms with E-state index in [-0.39, 0.29) is 25.3 Å². The largest absolute Gasteiger partial charge is 0.482 e. The Kier molecular flexibility index (Phi) is 8.97. The third kappa shape index (κ3) is 7.35. The predicted molar refractivity (Wildman–Crippen MR) is 177 cm³/mol. The second-order valence-electron chi connectivity index (χ2n) is 12.3. The number of aryl methyl sites for hydroxylation is 2. The molecule has 0 saturated carbocycles. The highest BCUT2D eigenvalue weighted by atomic mass is 32.1. The number of hydrogen-bond acceptors (Lipinski definition) is 12. The van der Waals surface area contributed by atoms with E-state index >= 15 is 4.39 Å². The highest BCUT2D eigenvalue weighted by molar-refractivity contribution is 7.21. The van der Waals surface area contributed by atoms with Crippen LogP contribution in [0.5, 0.6) is 11.6 Å². The van der Waals surface area contributed by atoms with E-state index in [0.29, 0.717) is 43.6 Å². The van der Waals surface area contributed by atoms with E-state index in [1.54, 1.807) is 33.8 Å². The summed E-state index contributed by atoms with van der Waals surface area (Å²) in [4.78, 5) is 49.2. The summed E-state index contributed by atoms with van der Waals surface area (Å²) in [5.74, 6) is 0.204. The lowest BCUT2D eigenvalue weighted by Crippen LogP contribution is -2.54. The molecule has 2 aromatic carbocycles. The Bertz CT molecular complexity index is 2000. The van der Waals surface area contributed by atoms with Crippen LogP contribution in [0.4, 0.5) is 19.7 Å². The number of rotatable bonds is 6. The van der Waals surface area contributed by atoms with Gasteiger partial charge in [0.15, 0.2) is 17.7 Å². The van der Waals surface area contributed by atoms with E-state index in [0.717, 1.165) is 11.1 Å². The molecule has 13 nitrogen and oxygen atoms in total. The second-order valence-corrected chi connectivity index (χ2v) is 13.4. The molecule has 2 atom stereocenters. The maximum Gasteiger partial charge on any atom is 0.412 e. The number of carbonyl (C=O) groups is 2. The third-order valence-corrected chi connectivity index (χ3v) is 8.42. The Morgan fingerprint density at radius 1 is 1.00 bits per heavy atom. The van der Waals surface area contributed by atoms with E-state index in [1.165, 1.54) is 48.0 Å². The maximum atomic E-state index is 15.6. The van der Waals surface area contributed by atoms with Crippen molar-refractivity contribution in [2.24, 2.45) is 0 Å². The maximum absolute atomic E-state index is 15.6. The van der Waals surface area contributed by atoms with Crippen molar-refractivity contribution in [3.8, 4) is 22.2 Å². The van der Waals surface area contributed by atoms with Crippen LogP contribution >= 0.6 is 11.3 Å². The van der Waals surface area contributed by atoms with Gasteiger partial charge in [-0.1, -0.05) is 0 Å². The van der Waals surface area contributed by atoms with Crippen LogP contribution in [0.1, 0.15) is 38.6 Å². The standard InChI is InChI=1S/C33H34FN7O6S/c1-17-9-20(29-23(10-17)39-28(44-6)15-37-29)30-40-22-11-21(34)25(12-27(22)48-30)45-26-16-41(32(43)47-33(3,4)5)8-7-24(26)46-31(42)38-19-13-35-18(2)36-14-19/h9-15,24,26H,7-8,16H2,1-6H3,(H,38,42)/t24-,26+/m0/s1. The summed E-state index contributed by atoms with van der Waals surface area (Å²) in [5.41, 5.74) is 3.04. The monoisotopic (exact) mass is 675 g/mol. The molecule has 4 heterocycles. The van der Waals surface area contributed by atoms with Gasteiger partial charge in [0, 0.05) is 30.7 Å². The molecule has 0 spiro atoms. The number of benzene rings is 2. The van der Waals surface area contributed by atoms with Gasteiger partial charge in [0.1, 0.15) is 22.5 Å². The van der Waals surface area contributed by atoms with Crippen LogP contribution in [-0.2, 0) is 9.47 Å². The summed E-state index contributed by atoms with van der Waals surface area (Å²) in [6.07, 6.45) is 1.62. The van der Waals surface area contributed by atoms with Crippen LogP contribution in [0.3, 0.4) is 0 Å². The molecule has 1 saturated heterocycles. The van der Waals surface area contributed by atoms with E-state index < -0.39 is 35.8 Å². The average Bonchev–Trinajstić information content (AvgIpc) is 3.44. The van der Waals surface area contributed by atoms with E-state index in [1.807, 2.05) is 19.1 Å². The van der Waals surface area contributed by atoms with Gasteiger partial charge in [0.2, 0.25) is 5.88 Å². The number of anilines is 1. The lowest BCUT2D eigenvalue weighted by atomic mass is 10.0. The summed E-state index contributed by atoms with van der Waals surface area (Å²) in [6.45, 7) is 9.20. The molecule has 15 heteroatoms. The topological polar surface area (TPSA) is 151 Å². The quantitative estimate of drug-likeness (QED) is 0.211. The minimum atomic E-state index is -0.920. The van der Waals surface area contributed by atoms with Crippen molar-refractivity contribution in [2.75, 3.05) is 25.5 Å². The van der Waals surface area contributed by atoms with Gasteiger partial charge in [-0.25, -0.2) is 38.9 Å². The summed E-state index contributed by atoms with van der Waals surface area (Å²) in [6, 6.07) is 6.72. The number of likely N-dealkylation sites (tertiary alicyclic amines) is 1. The first-order chi connectivity index (χ1) is 22.8. The van der Waals surface area contributed by atoms with E-state index in [9.17, 15) is 9.59 Å². The van der Waals surface area contributed by atoms with Crippen LogP contribution in [-0.4, -0.2) is 80.0 Å². The number of piperidine rings is 1. The van der Waals surface area contributed by atoms with Crippen molar-refractivity contribution in [1.82, 2.24) is 29.8 Å². The molecule has 2 amide bonds. The first-order valence-corrected chi connectivity index (χ1v) is 16.0. The van der Waals surface area contributed by atoms with Gasteiger partial charge < -0.3 is 23.8 Å². The van der Waals surface area contributed by atoms with Gasteiger partial charge in [-0.2, -0.15) is 0 Å². The SMILES string of the molecule is COc1cnc2c(-c3nc4cc(F)c(O[C@@H]5CN(C(=O)OC(C)(C)C)CC[C@@H]5OC(=O)Nc5cnc(C)nc5)cc4s3)cc(C)cc2n1. The van der Waals surface area contributed by atoms with Crippen molar-refractivity contribution in [2.45, 2.75) is 58.8 Å². The predicted octanol–water partition coefficient (Wildman–Crippen LogP) is 6.47. The summed E-state index contributed by atoms with van der Waals surface area (Å²) >= 11 is 1.35. The van der Waals surface area contributed by atoms with Crippen molar-refractivity contribution in [1.29, 1.82) is 0 Å². The number of aromatic nitrogens is 5. The number of hydrogen-bond donors (Lipinski definition) is 1. The minimum absolute atomic E-state index is 0.0106. The Balaban J connectivity index is 1.28. The number of ether oxygens (including phenoxy) is 4. The first-order valence-electron chi connectivity index (χ1n) is 15.2. The molecule has 0 bridgehead atoms. The molecule has 1 fully saturated rings. The Labute approximate surface area is 279 Å². The summed E-state index contributed by atoms with van der Waals surface area (Å²) < 4.78 is 39.0. The lowest BCUT2D eigenvalue weighted by molar-refractivity contribution is -0.0407. The number of thiazole rings is 1. The normalized spacial score (nSPS) is 16.5. The average molecular weight is 676 g/mol. The Morgan fingerprint density at radius 2 is 1.77 bits per heavy atom. The number of halogens is 1. The second kappa shape index (κ2) is 13.1. The summed E-state index contributed by atoms with van der Waals surface area (Å²) in [5, 5.41) is 3.22. The highest BCUT2D eigenvalue weighted by Gasteiger charge is 2.38. The lowest BCUT2D eigenvalue weighted by Gasteiger charge is -2.38. The molecule has 250 valence electrons. The van der Waals surface area contributed by atoms with Gasteiger partial charge in [0.25, 0.3) is 0 Å². The molecular formula is C33H34FN7O6S. The molecule has 1 N–H and O–H groups in total. The molecule has 3 aromatic heterocycles. The fourth-order valence-electron chi connectivity index (χ4n) is 5.18. The number of fused-ring (bicyclic) bond motifs is 2. The molecule has 48 heavy (non-hydrogen) atoms. The molecule has 6 rings (SSSR count). The molecule has 0 unspecified atom stereocenters. The van der Waals surface area contributed by atoms with Crippen LogP contribution in [0.15, 0.2) is 42.9 Å². The zero-order chi connectivity index (χ0) is 34.2. The van der Waals surface area contributed by atoms with Crippen LogP contribution in [0.25, 0.3) is 31.8 Å². The highest BCUT2D eigenvalue weighted by Crippen LogP contribution is 2.37. The molecule has 1 aliphatic heterocycles. The van der Waals surface area contributed by atoms with Crippen molar-refractivity contribution in [3.63, 3.8) is 0 Å². The van der Waals surface area contributed by atoms with Crippen LogP contribution < -0.4 is 14.8 Å². The smallest absolute Gasteiger partial charge is 0.412 e. The van der Waals surface area contributed by atoms with Gasteiger partial charge in [-0.05, 0) is 52.3 Å². The van der Waals surface area contributed by atoms with Gasteiger partial charge in [-0.3, -0.25) is 5.32 Å². The minimum Gasteiger partial charge on any atom is -0.482 e. The Hall–Kier alpha value is -5.18. The van der Waals surface area contributed by atoms with Gasteiger partial charge >= 0.3 is 12.2 Å². The molecule has 0 radical (unpaired) electrons. The fourth-order valence-corrected chi connectivity index (χ4v) is 6.18. The Morgan fingerprint density at radius 3 is 2.50 bits per heavy atom. The van der Waals surface area contributed by atoms with E-state index in [2.05, 4.69) is 25.3 Å². The number of amides is 2. The van der Waals surface area contributed by atoms with Gasteiger partial charge in [0.05, 0.1) is 59.2 Å². The molecular weight excluding hydrogens is 641 g/mol. The molecule has 5 aromatic rings. The third-order valence-electron chi connectivity index (χ3n) is 7.36. The fraction of sp³-hybridized carbons (Fsp3) is 0.364. The summed E-state index contributed by atoms with van der Waals surface area (Å²) in [7, 11) is 1.53. The zero-order valence-electron chi connectivity index (χ0n) is 27.2. The number of nitrogens with one attached hydrogen (secondary N) is 1. The van der Waals surface area contributed by atoms with E-state index in [4.69, 9.17) is 23.9 Å². The zero-order valence-corrected chi connectivity index (χ0v) is 28.1. The van der Waals surface area contributed by atoms with Crippen LogP contribution in [0.2, 0.25) is 0 Å². The van der Waals surface area contributed by atoms with Crippen molar-refractivity contribution < 1.29 is 32.9 Å².